The number of fused-ring (bicyclic) bond motifs is 1. The summed E-state index contributed by atoms with van der Waals surface area (Å²) in [6.45, 7) is 7.62. The van der Waals surface area contributed by atoms with Crippen LogP contribution in [-0.4, -0.2) is 40.8 Å². The lowest BCUT2D eigenvalue weighted by molar-refractivity contribution is 0.0269. The number of phenolic OH excluding ortho intramolecular Hbond substituents is 1. The van der Waals surface area contributed by atoms with Crippen molar-refractivity contribution >= 4 is 17.7 Å². The van der Waals surface area contributed by atoms with E-state index in [1.807, 2.05) is 20.8 Å². The average Bonchev–Trinajstić information content (AvgIpc) is 2.89. The first-order valence-electron chi connectivity index (χ1n) is 7.94. The van der Waals surface area contributed by atoms with Crippen LogP contribution in [0.2, 0.25) is 5.02 Å². The molecule has 0 bridgehead atoms. The number of nitrogens with zero attached hydrogens (tertiary/aromatic N) is 1. The molecule has 126 valence electrons. The number of phenols is 1. The van der Waals surface area contributed by atoms with Gasteiger partial charge >= 0.3 is 6.09 Å². The minimum Gasteiger partial charge on any atom is -0.508 e. The van der Waals surface area contributed by atoms with Gasteiger partial charge in [-0.1, -0.05) is 17.7 Å². The second kappa shape index (κ2) is 5.87. The Morgan fingerprint density at radius 2 is 2.04 bits per heavy atom. The molecule has 2 aliphatic rings. The van der Waals surface area contributed by atoms with E-state index in [0.29, 0.717) is 29.4 Å². The third-order valence-corrected chi connectivity index (χ3v) is 4.81. The number of aromatic hydroxyl groups is 1. The molecule has 6 heteroatoms. The molecule has 1 aromatic rings. The number of likely N-dealkylation sites (tertiary alicyclic amines) is 1. The van der Waals surface area contributed by atoms with E-state index >= 15 is 0 Å². The number of nitrogens with one attached hydrogen (secondary N) is 1. The summed E-state index contributed by atoms with van der Waals surface area (Å²) in [6, 6.07) is 5.52. The Kier molecular flexibility index (Phi) is 4.19. The second-order valence-corrected chi connectivity index (χ2v) is 7.76. The Bertz CT molecular complexity index is 582. The number of hydrogen-bond acceptors (Lipinski definition) is 4. The topological polar surface area (TPSA) is 61.8 Å². The molecule has 1 saturated carbocycles. The summed E-state index contributed by atoms with van der Waals surface area (Å²) in [5.41, 5.74) is 0.270. The Morgan fingerprint density at radius 3 is 2.61 bits per heavy atom. The zero-order chi connectivity index (χ0) is 16.8. The van der Waals surface area contributed by atoms with Crippen LogP contribution < -0.4 is 5.32 Å². The molecular weight excluding hydrogens is 316 g/mol. The summed E-state index contributed by atoms with van der Waals surface area (Å²) in [5, 5.41) is 13.9. The largest absolute Gasteiger partial charge is 0.508 e. The molecule has 2 atom stereocenters. The van der Waals surface area contributed by atoms with Crippen molar-refractivity contribution in [3.05, 3.63) is 28.8 Å². The molecule has 1 aliphatic heterocycles. The zero-order valence-corrected chi connectivity index (χ0v) is 14.4. The fraction of sp³-hybridized carbons (Fsp3) is 0.588. The minimum absolute atomic E-state index is 0.214. The van der Waals surface area contributed by atoms with Gasteiger partial charge < -0.3 is 20.1 Å². The highest BCUT2D eigenvalue weighted by molar-refractivity contribution is 6.31. The van der Waals surface area contributed by atoms with Crippen molar-refractivity contribution in [3.63, 3.8) is 0 Å². The summed E-state index contributed by atoms with van der Waals surface area (Å²) >= 11 is 6.11. The van der Waals surface area contributed by atoms with E-state index in [4.69, 9.17) is 16.3 Å². The van der Waals surface area contributed by atoms with Gasteiger partial charge in [-0.05, 0) is 44.7 Å². The van der Waals surface area contributed by atoms with Crippen LogP contribution in [0.3, 0.4) is 0 Å². The van der Waals surface area contributed by atoms with Crippen LogP contribution in [0.1, 0.15) is 26.3 Å². The number of piperidine rings is 1. The van der Waals surface area contributed by atoms with E-state index in [-0.39, 0.29) is 11.8 Å². The van der Waals surface area contributed by atoms with E-state index in [9.17, 15) is 9.90 Å². The van der Waals surface area contributed by atoms with Crippen molar-refractivity contribution in [2.75, 3.05) is 13.1 Å². The van der Waals surface area contributed by atoms with Crippen molar-refractivity contribution in [1.29, 1.82) is 0 Å². The van der Waals surface area contributed by atoms with E-state index in [1.165, 1.54) is 0 Å². The third-order valence-electron chi connectivity index (χ3n) is 4.45. The molecule has 2 unspecified atom stereocenters. The lowest BCUT2D eigenvalue weighted by atomic mass is 10.2. The quantitative estimate of drug-likeness (QED) is 0.889. The first-order chi connectivity index (χ1) is 10.8. The molecule has 2 fully saturated rings. The van der Waals surface area contributed by atoms with Crippen LogP contribution in [0, 0.1) is 11.8 Å². The number of rotatable bonds is 3. The van der Waals surface area contributed by atoms with Gasteiger partial charge in [-0.2, -0.15) is 0 Å². The molecular formula is C17H23ClN2O3. The maximum atomic E-state index is 12.0. The van der Waals surface area contributed by atoms with Crippen LogP contribution >= 0.6 is 11.6 Å². The monoisotopic (exact) mass is 338 g/mol. The Balaban J connectivity index is 1.48. The smallest absolute Gasteiger partial charge is 0.410 e. The number of halogens is 1. The summed E-state index contributed by atoms with van der Waals surface area (Å²) < 4.78 is 5.40. The first kappa shape index (κ1) is 16.4. The molecule has 2 N–H and O–H groups in total. The Hall–Kier alpha value is -1.46. The van der Waals surface area contributed by atoms with E-state index in [0.717, 1.165) is 18.7 Å². The van der Waals surface area contributed by atoms with Gasteiger partial charge in [-0.25, -0.2) is 4.79 Å². The molecule has 1 aromatic carbocycles. The number of benzene rings is 1. The zero-order valence-electron chi connectivity index (χ0n) is 13.7. The van der Waals surface area contributed by atoms with Crippen molar-refractivity contribution in [3.8, 4) is 5.75 Å². The molecule has 0 radical (unpaired) electrons. The van der Waals surface area contributed by atoms with E-state index < -0.39 is 5.60 Å². The number of hydrogen-bond donors (Lipinski definition) is 2. The maximum absolute atomic E-state index is 12.0. The van der Waals surface area contributed by atoms with Gasteiger partial charge in [0.05, 0.1) is 0 Å². The Morgan fingerprint density at radius 1 is 1.39 bits per heavy atom. The number of carbonyl (C=O) groups is 1. The molecule has 1 heterocycles. The van der Waals surface area contributed by atoms with Gasteiger partial charge in [-0.15, -0.1) is 0 Å². The summed E-state index contributed by atoms with van der Waals surface area (Å²) in [6.07, 6.45) is -0.229. The van der Waals surface area contributed by atoms with Gasteiger partial charge in [0, 0.05) is 36.3 Å². The van der Waals surface area contributed by atoms with Crippen LogP contribution in [0.25, 0.3) is 0 Å². The number of carbonyl (C=O) groups excluding carboxylic acids is 1. The van der Waals surface area contributed by atoms with Crippen LogP contribution in [-0.2, 0) is 11.3 Å². The second-order valence-electron chi connectivity index (χ2n) is 7.36. The molecule has 3 rings (SSSR count). The summed E-state index contributed by atoms with van der Waals surface area (Å²) in [5.74, 6) is 1.14. The predicted octanol–water partition coefficient (Wildman–Crippen LogP) is 3.00. The van der Waals surface area contributed by atoms with Crippen molar-refractivity contribution in [1.82, 2.24) is 10.2 Å². The van der Waals surface area contributed by atoms with Crippen LogP contribution in [0.4, 0.5) is 4.79 Å². The SMILES string of the molecule is CC(C)(C)OC(=O)N1CC2C(C1)C2NCc1c(O)cccc1Cl. The van der Waals surface area contributed by atoms with Gasteiger partial charge in [0.15, 0.2) is 0 Å². The molecule has 23 heavy (non-hydrogen) atoms. The summed E-state index contributed by atoms with van der Waals surface area (Å²) in [4.78, 5) is 13.8. The summed E-state index contributed by atoms with van der Waals surface area (Å²) in [7, 11) is 0. The Labute approximate surface area is 141 Å². The molecule has 1 amide bonds. The van der Waals surface area contributed by atoms with Crippen LogP contribution in [0.5, 0.6) is 5.75 Å². The minimum atomic E-state index is -0.455. The fourth-order valence-corrected chi connectivity index (χ4v) is 3.48. The standard InChI is InChI=1S/C17H23ClN2O3/c1-17(2,3)23-16(22)20-8-11-12(9-20)15(11)19-7-10-13(18)5-4-6-14(10)21/h4-6,11-12,15,19,21H,7-9H2,1-3H3. The van der Waals surface area contributed by atoms with Crippen molar-refractivity contribution in [2.45, 2.75) is 39.0 Å². The molecule has 1 aliphatic carbocycles. The van der Waals surface area contributed by atoms with Gasteiger partial charge in [0.1, 0.15) is 11.4 Å². The molecule has 1 saturated heterocycles. The van der Waals surface area contributed by atoms with Crippen molar-refractivity contribution < 1.29 is 14.6 Å². The lowest BCUT2D eigenvalue weighted by Gasteiger charge is -2.26. The highest BCUT2D eigenvalue weighted by Gasteiger charge is 2.56. The third kappa shape index (κ3) is 3.56. The maximum Gasteiger partial charge on any atom is 0.410 e. The molecule has 0 spiro atoms. The predicted molar refractivity (Wildman–Crippen MR) is 88.5 cm³/mol. The molecule has 5 nitrogen and oxygen atoms in total. The van der Waals surface area contributed by atoms with E-state index in [2.05, 4.69) is 5.32 Å². The van der Waals surface area contributed by atoms with E-state index in [1.54, 1.807) is 23.1 Å². The van der Waals surface area contributed by atoms with Gasteiger partial charge in [0.2, 0.25) is 0 Å². The van der Waals surface area contributed by atoms with Crippen molar-refractivity contribution in [2.24, 2.45) is 11.8 Å². The van der Waals surface area contributed by atoms with Gasteiger partial charge in [-0.3, -0.25) is 0 Å². The number of amides is 1. The average molecular weight is 339 g/mol. The first-order valence-corrected chi connectivity index (χ1v) is 8.32. The van der Waals surface area contributed by atoms with Gasteiger partial charge in [0.25, 0.3) is 0 Å². The fourth-order valence-electron chi connectivity index (χ4n) is 3.25. The molecule has 0 aromatic heterocycles. The lowest BCUT2D eigenvalue weighted by Crippen LogP contribution is -2.39. The normalized spacial score (nSPS) is 26.1. The highest BCUT2D eigenvalue weighted by atomic mass is 35.5. The number of ether oxygens (including phenoxy) is 1. The van der Waals surface area contributed by atoms with Crippen LogP contribution in [0.15, 0.2) is 18.2 Å². The highest BCUT2D eigenvalue weighted by Crippen LogP contribution is 2.46.